The van der Waals surface area contributed by atoms with Gasteiger partial charge in [-0.1, -0.05) is 48.5 Å². The topological polar surface area (TPSA) is 58.6 Å². The Kier molecular flexibility index (Phi) is 6.53. The molecule has 2 fully saturated rings. The zero-order valence-corrected chi connectivity index (χ0v) is 19.6. The molecular weight excluding hydrogens is 443 g/mol. The number of carbonyl (C=O) groups is 2. The van der Waals surface area contributed by atoms with Crippen LogP contribution in [-0.2, 0) is 11.4 Å². The highest BCUT2D eigenvalue weighted by molar-refractivity contribution is 5.94. The lowest BCUT2D eigenvalue weighted by Crippen LogP contribution is -2.52. The van der Waals surface area contributed by atoms with Crippen LogP contribution in [0.2, 0.25) is 0 Å². The van der Waals surface area contributed by atoms with Crippen molar-refractivity contribution >= 4 is 11.8 Å². The summed E-state index contributed by atoms with van der Waals surface area (Å²) in [5.74, 6) is 0.642. The van der Waals surface area contributed by atoms with Crippen molar-refractivity contribution in [2.45, 2.75) is 31.8 Å². The van der Waals surface area contributed by atoms with E-state index in [4.69, 9.17) is 4.74 Å². The molecule has 2 saturated heterocycles. The third-order valence-corrected chi connectivity index (χ3v) is 7.40. The lowest BCUT2D eigenvalue weighted by atomic mass is 9.62. The van der Waals surface area contributed by atoms with E-state index in [9.17, 15) is 14.0 Å². The minimum atomic E-state index is -0.284. The average molecular weight is 473 g/mol. The summed E-state index contributed by atoms with van der Waals surface area (Å²) >= 11 is 0. The molecule has 0 aromatic heterocycles. The van der Waals surface area contributed by atoms with Crippen molar-refractivity contribution in [2.75, 3.05) is 19.6 Å². The first kappa shape index (κ1) is 23.1. The monoisotopic (exact) mass is 472 g/mol. The van der Waals surface area contributed by atoms with Crippen LogP contribution in [-0.4, -0.2) is 36.3 Å². The van der Waals surface area contributed by atoms with E-state index in [0.717, 1.165) is 18.4 Å². The van der Waals surface area contributed by atoms with Gasteiger partial charge >= 0.3 is 0 Å². The van der Waals surface area contributed by atoms with Crippen LogP contribution < -0.4 is 10.1 Å². The molecular formula is C29H29FN2O3. The van der Waals surface area contributed by atoms with E-state index < -0.39 is 0 Å². The number of hydrogen-bond donors (Lipinski definition) is 1. The van der Waals surface area contributed by atoms with Gasteiger partial charge in [-0.3, -0.25) is 9.59 Å². The Labute approximate surface area is 204 Å². The van der Waals surface area contributed by atoms with Gasteiger partial charge in [-0.15, -0.1) is 0 Å². The zero-order valence-electron chi connectivity index (χ0n) is 19.6. The maximum atomic E-state index is 13.3. The van der Waals surface area contributed by atoms with Gasteiger partial charge < -0.3 is 15.0 Å². The van der Waals surface area contributed by atoms with E-state index in [-0.39, 0.29) is 29.0 Å². The number of carbonyl (C=O) groups excluding carboxylic acids is 2. The predicted octanol–water partition coefficient (Wildman–Crippen LogP) is 4.93. The summed E-state index contributed by atoms with van der Waals surface area (Å²) in [4.78, 5) is 27.5. The van der Waals surface area contributed by atoms with E-state index in [1.54, 1.807) is 24.3 Å². The number of nitrogens with one attached hydrogen (secondary N) is 1. The molecule has 3 aromatic rings. The highest BCUT2D eigenvalue weighted by Gasteiger charge is 2.46. The van der Waals surface area contributed by atoms with Gasteiger partial charge in [0.15, 0.2) is 0 Å². The standard InChI is InChI=1S/C29H29FN2O3/c30-24-11-9-21(10-12-24)20-35-25-8-4-7-23(17-25)28(34)32-15-13-29(14-16-32)18-27(33)31-19-26(29)22-5-2-1-3-6-22/h1-12,17,26H,13-16,18-20H2,(H,31,33)/t26-/m1/s1. The largest absolute Gasteiger partial charge is 0.489 e. The Hall–Kier alpha value is -3.67. The molecule has 0 bridgehead atoms. The first-order valence-corrected chi connectivity index (χ1v) is 12.1. The van der Waals surface area contributed by atoms with Crippen LogP contribution in [0, 0.1) is 11.2 Å². The number of benzene rings is 3. The molecule has 2 aliphatic rings. The Morgan fingerprint density at radius 2 is 1.74 bits per heavy atom. The first-order valence-electron chi connectivity index (χ1n) is 12.1. The molecule has 0 aliphatic carbocycles. The van der Waals surface area contributed by atoms with Crippen LogP contribution in [0.5, 0.6) is 5.75 Å². The SMILES string of the molecule is O=C1CC2(CCN(C(=O)c3cccc(OCc4ccc(F)cc4)c3)CC2)[C@@H](c2ccccc2)CN1. The van der Waals surface area contributed by atoms with Gasteiger partial charge in [0.1, 0.15) is 18.2 Å². The molecule has 0 radical (unpaired) electrons. The zero-order chi connectivity index (χ0) is 24.3. The lowest BCUT2D eigenvalue weighted by Gasteiger charge is -2.49. The van der Waals surface area contributed by atoms with Crippen molar-refractivity contribution in [1.82, 2.24) is 10.2 Å². The van der Waals surface area contributed by atoms with E-state index in [1.807, 2.05) is 35.2 Å². The molecule has 180 valence electrons. The van der Waals surface area contributed by atoms with Crippen molar-refractivity contribution in [3.63, 3.8) is 0 Å². The average Bonchev–Trinajstić information content (AvgIpc) is 2.89. The number of halogens is 1. The maximum Gasteiger partial charge on any atom is 0.253 e. The van der Waals surface area contributed by atoms with E-state index in [1.165, 1.54) is 17.7 Å². The van der Waals surface area contributed by atoms with E-state index >= 15 is 0 Å². The van der Waals surface area contributed by atoms with E-state index in [2.05, 4.69) is 17.4 Å². The Bertz CT molecular complexity index is 1190. The molecule has 1 atom stereocenters. The molecule has 0 unspecified atom stereocenters. The number of nitrogens with zero attached hydrogens (tertiary/aromatic N) is 1. The fraction of sp³-hybridized carbons (Fsp3) is 0.310. The molecule has 35 heavy (non-hydrogen) atoms. The van der Waals surface area contributed by atoms with Crippen molar-refractivity contribution in [2.24, 2.45) is 5.41 Å². The summed E-state index contributed by atoms with van der Waals surface area (Å²) in [6, 6.07) is 23.7. The van der Waals surface area contributed by atoms with Gasteiger partial charge in [-0.05, 0) is 59.7 Å². The number of hydrogen-bond acceptors (Lipinski definition) is 3. The van der Waals surface area contributed by atoms with Crippen molar-refractivity contribution in [3.05, 3.63) is 101 Å². The summed E-state index contributed by atoms with van der Waals surface area (Å²) in [7, 11) is 0. The summed E-state index contributed by atoms with van der Waals surface area (Å²) in [5.41, 5.74) is 2.56. The van der Waals surface area contributed by atoms with Crippen LogP contribution in [0.15, 0.2) is 78.9 Å². The highest BCUT2D eigenvalue weighted by atomic mass is 19.1. The summed E-state index contributed by atoms with van der Waals surface area (Å²) < 4.78 is 18.9. The first-order chi connectivity index (χ1) is 17.0. The maximum absolute atomic E-state index is 13.3. The fourth-order valence-corrected chi connectivity index (χ4v) is 5.42. The minimum absolute atomic E-state index is 0.0244. The molecule has 1 spiro atoms. The van der Waals surface area contributed by atoms with E-state index in [0.29, 0.717) is 44.0 Å². The minimum Gasteiger partial charge on any atom is -0.489 e. The van der Waals surface area contributed by atoms with Gasteiger partial charge in [0, 0.05) is 37.5 Å². The third kappa shape index (κ3) is 5.06. The quantitative estimate of drug-likeness (QED) is 0.573. The Morgan fingerprint density at radius 1 is 1.00 bits per heavy atom. The number of rotatable bonds is 5. The second kappa shape index (κ2) is 9.90. The summed E-state index contributed by atoms with van der Waals surface area (Å²) in [5, 5.41) is 3.04. The molecule has 6 heteroatoms. The molecule has 1 N–H and O–H groups in total. The fourth-order valence-electron chi connectivity index (χ4n) is 5.42. The predicted molar refractivity (Wildman–Crippen MR) is 132 cm³/mol. The molecule has 3 aromatic carbocycles. The summed E-state index contributed by atoms with van der Waals surface area (Å²) in [6.45, 7) is 2.18. The van der Waals surface area contributed by atoms with Gasteiger partial charge in [0.05, 0.1) is 0 Å². The van der Waals surface area contributed by atoms with Crippen LogP contribution in [0.4, 0.5) is 4.39 Å². The number of likely N-dealkylation sites (tertiary alicyclic amines) is 1. The Morgan fingerprint density at radius 3 is 2.49 bits per heavy atom. The molecule has 0 saturated carbocycles. The lowest BCUT2D eigenvalue weighted by molar-refractivity contribution is -0.127. The molecule has 2 heterocycles. The normalized spacial score (nSPS) is 19.3. The highest BCUT2D eigenvalue weighted by Crippen LogP contribution is 2.48. The van der Waals surface area contributed by atoms with Crippen LogP contribution in [0.25, 0.3) is 0 Å². The van der Waals surface area contributed by atoms with Crippen LogP contribution >= 0.6 is 0 Å². The second-order valence-electron chi connectivity index (χ2n) is 9.54. The smallest absolute Gasteiger partial charge is 0.253 e. The van der Waals surface area contributed by atoms with Gasteiger partial charge in [-0.2, -0.15) is 0 Å². The van der Waals surface area contributed by atoms with Crippen molar-refractivity contribution in [3.8, 4) is 5.75 Å². The number of ether oxygens (including phenoxy) is 1. The number of amides is 2. The molecule has 5 nitrogen and oxygen atoms in total. The van der Waals surface area contributed by atoms with Crippen LogP contribution in [0.1, 0.15) is 46.7 Å². The number of piperidine rings is 2. The van der Waals surface area contributed by atoms with Gasteiger partial charge in [-0.25, -0.2) is 4.39 Å². The molecule has 2 amide bonds. The van der Waals surface area contributed by atoms with Crippen molar-refractivity contribution < 1.29 is 18.7 Å². The molecule has 5 rings (SSSR count). The second-order valence-corrected chi connectivity index (χ2v) is 9.54. The van der Waals surface area contributed by atoms with Gasteiger partial charge in [0.25, 0.3) is 5.91 Å². The van der Waals surface area contributed by atoms with Crippen molar-refractivity contribution in [1.29, 1.82) is 0 Å². The molecule has 2 aliphatic heterocycles. The summed E-state index contributed by atoms with van der Waals surface area (Å²) in [6.07, 6.45) is 2.10. The van der Waals surface area contributed by atoms with Crippen LogP contribution in [0.3, 0.4) is 0 Å². The van der Waals surface area contributed by atoms with Gasteiger partial charge in [0.2, 0.25) is 5.91 Å². The third-order valence-electron chi connectivity index (χ3n) is 7.40. The Balaban J connectivity index is 1.25.